The molecule has 0 fully saturated rings. The number of para-hydroxylation sites is 1. The topological polar surface area (TPSA) is 78.4 Å². The molecule has 0 saturated heterocycles. The zero-order chi connectivity index (χ0) is 19.1. The molecule has 0 aliphatic carbocycles. The van der Waals surface area contributed by atoms with Gasteiger partial charge in [0.15, 0.2) is 0 Å². The molecule has 3 N–H and O–H groups in total. The molecule has 5 heteroatoms. The normalized spacial score (nSPS) is 10.5. The maximum Gasteiger partial charge on any atom is 0.339 e. The quantitative estimate of drug-likeness (QED) is 0.554. The van der Waals surface area contributed by atoms with Crippen LogP contribution in [0.3, 0.4) is 0 Å². The Morgan fingerprint density at radius 1 is 0.778 bits per heavy atom. The third-order valence-electron chi connectivity index (χ3n) is 3.82. The molecule has 3 aromatic carbocycles. The number of carbonyl (C=O) groups is 2. The molecule has 5 nitrogen and oxygen atoms in total. The molecule has 0 heterocycles. The summed E-state index contributed by atoms with van der Waals surface area (Å²) < 4.78 is 0. The molecule has 3 aromatic rings. The number of nitrogens with one attached hydrogen (secondary N) is 2. The Morgan fingerprint density at radius 3 is 2.07 bits per heavy atom. The van der Waals surface area contributed by atoms with Crippen LogP contribution in [0.15, 0.2) is 84.9 Å². The molecule has 0 unspecified atom stereocenters. The van der Waals surface area contributed by atoms with Crippen LogP contribution in [0.4, 0.5) is 17.1 Å². The van der Waals surface area contributed by atoms with E-state index in [9.17, 15) is 14.7 Å². The summed E-state index contributed by atoms with van der Waals surface area (Å²) in [6.07, 6.45) is 3.04. The summed E-state index contributed by atoms with van der Waals surface area (Å²) in [4.78, 5) is 24.0. The first-order valence-electron chi connectivity index (χ1n) is 8.36. The van der Waals surface area contributed by atoms with Crippen LogP contribution in [0.1, 0.15) is 15.9 Å². The lowest BCUT2D eigenvalue weighted by Gasteiger charge is -2.13. The number of anilines is 3. The molecule has 0 radical (unpaired) electrons. The largest absolute Gasteiger partial charge is 0.478 e. The van der Waals surface area contributed by atoms with Crippen molar-refractivity contribution in [2.45, 2.75) is 0 Å². The molecule has 0 saturated carbocycles. The molecular formula is C22H18N2O3. The van der Waals surface area contributed by atoms with Crippen molar-refractivity contribution < 1.29 is 14.7 Å². The van der Waals surface area contributed by atoms with Crippen molar-refractivity contribution >= 4 is 35.0 Å². The molecule has 0 aliphatic heterocycles. The third kappa shape index (κ3) is 4.83. The van der Waals surface area contributed by atoms with E-state index in [4.69, 9.17) is 0 Å². The van der Waals surface area contributed by atoms with E-state index >= 15 is 0 Å². The van der Waals surface area contributed by atoms with Crippen LogP contribution in [0.25, 0.3) is 6.08 Å². The lowest BCUT2D eigenvalue weighted by atomic mass is 10.1. The van der Waals surface area contributed by atoms with Gasteiger partial charge in [-0.3, -0.25) is 4.79 Å². The lowest BCUT2D eigenvalue weighted by Crippen LogP contribution is -2.13. The lowest BCUT2D eigenvalue weighted by molar-refractivity contribution is -0.111. The number of hydrogen-bond acceptors (Lipinski definition) is 3. The Morgan fingerprint density at radius 2 is 1.41 bits per heavy atom. The summed E-state index contributed by atoms with van der Waals surface area (Å²) in [5, 5.41) is 15.4. The summed E-state index contributed by atoms with van der Waals surface area (Å²) >= 11 is 0. The zero-order valence-electron chi connectivity index (χ0n) is 14.4. The van der Waals surface area contributed by atoms with Crippen LogP contribution in [-0.2, 0) is 4.79 Å². The monoisotopic (exact) mass is 358 g/mol. The highest BCUT2D eigenvalue weighted by Crippen LogP contribution is 2.27. The van der Waals surface area contributed by atoms with E-state index < -0.39 is 11.9 Å². The molecule has 0 aromatic heterocycles. The molecule has 27 heavy (non-hydrogen) atoms. The molecular weight excluding hydrogens is 340 g/mol. The van der Waals surface area contributed by atoms with Crippen LogP contribution < -0.4 is 10.6 Å². The number of amides is 1. The number of carbonyl (C=O) groups excluding carboxylic acids is 1. The van der Waals surface area contributed by atoms with Gasteiger partial charge in [0.25, 0.3) is 0 Å². The summed E-state index contributed by atoms with van der Waals surface area (Å²) in [7, 11) is 0. The Balaban J connectivity index is 1.82. The molecule has 134 valence electrons. The van der Waals surface area contributed by atoms with Crippen molar-refractivity contribution in [1.29, 1.82) is 0 Å². The minimum absolute atomic E-state index is 0.00261. The van der Waals surface area contributed by atoms with Gasteiger partial charge in [0.05, 0.1) is 11.4 Å². The van der Waals surface area contributed by atoms with E-state index in [0.717, 1.165) is 11.3 Å². The minimum atomic E-state index is -1.13. The fraction of sp³-hybridized carbons (Fsp3) is 0. The van der Waals surface area contributed by atoms with E-state index in [2.05, 4.69) is 10.6 Å². The molecule has 0 bridgehead atoms. The molecule has 1 amide bonds. The summed E-state index contributed by atoms with van der Waals surface area (Å²) in [6.45, 7) is 0. The highest BCUT2D eigenvalue weighted by molar-refractivity contribution is 6.08. The van der Waals surface area contributed by atoms with Crippen molar-refractivity contribution in [3.63, 3.8) is 0 Å². The fourth-order valence-corrected chi connectivity index (χ4v) is 2.58. The standard InChI is InChI=1S/C22H18N2O3/c25-20(15-14-16-8-3-1-4-9-16)24-19-13-7-12-18(21(19)22(26)27)23-17-10-5-2-6-11-17/h1-15,23H,(H,24,25)(H,26,27). The third-order valence-corrected chi connectivity index (χ3v) is 3.82. The highest BCUT2D eigenvalue weighted by Gasteiger charge is 2.16. The molecule has 0 atom stereocenters. The first-order chi connectivity index (χ1) is 13.1. The van der Waals surface area contributed by atoms with Gasteiger partial charge < -0.3 is 15.7 Å². The number of benzene rings is 3. The predicted octanol–water partition coefficient (Wildman–Crippen LogP) is 4.78. The van der Waals surface area contributed by atoms with Crippen LogP contribution in [-0.4, -0.2) is 17.0 Å². The van der Waals surface area contributed by atoms with Gasteiger partial charge >= 0.3 is 5.97 Å². The van der Waals surface area contributed by atoms with Gasteiger partial charge in [-0.2, -0.15) is 0 Å². The maximum atomic E-state index is 12.2. The zero-order valence-corrected chi connectivity index (χ0v) is 14.4. The first-order valence-corrected chi connectivity index (χ1v) is 8.36. The second-order valence-electron chi connectivity index (χ2n) is 5.76. The Bertz CT molecular complexity index is 967. The van der Waals surface area contributed by atoms with Gasteiger partial charge in [0.1, 0.15) is 5.56 Å². The van der Waals surface area contributed by atoms with Crippen LogP contribution in [0.5, 0.6) is 0 Å². The predicted molar refractivity (Wildman–Crippen MR) is 107 cm³/mol. The van der Waals surface area contributed by atoms with E-state index in [1.54, 1.807) is 24.3 Å². The van der Waals surface area contributed by atoms with Gasteiger partial charge in [-0.25, -0.2) is 4.79 Å². The van der Waals surface area contributed by atoms with Crippen molar-refractivity contribution in [3.8, 4) is 0 Å². The Labute approximate surface area is 157 Å². The average Bonchev–Trinajstić information content (AvgIpc) is 2.68. The van der Waals surface area contributed by atoms with Crippen molar-refractivity contribution in [1.82, 2.24) is 0 Å². The average molecular weight is 358 g/mol. The van der Waals surface area contributed by atoms with Gasteiger partial charge in [0.2, 0.25) is 5.91 Å². The minimum Gasteiger partial charge on any atom is -0.478 e. The van der Waals surface area contributed by atoms with Gasteiger partial charge in [-0.15, -0.1) is 0 Å². The number of hydrogen-bond donors (Lipinski definition) is 3. The summed E-state index contributed by atoms with van der Waals surface area (Å²) in [6, 6.07) is 23.5. The second-order valence-corrected chi connectivity index (χ2v) is 5.76. The molecule has 0 spiro atoms. The Kier molecular flexibility index (Phi) is 5.64. The Hall–Kier alpha value is -3.86. The smallest absolute Gasteiger partial charge is 0.339 e. The van der Waals surface area contributed by atoms with Gasteiger partial charge in [0, 0.05) is 11.8 Å². The first kappa shape index (κ1) is 17.9. The second kappa shape index (κ2) is 8.49. The number of rotatable bonds is 6. The van der Waals surface area contributed by atoms with E-state index in [-0.39, 0.29) is 11.3 Å². The van der Waals surface area contributed by atoms with Crippen LogP contribution in [0.2, 0.25) is 0 Å². The number of aromatic carboxylic acids is 1. The van der Waals surface area contributed by atoms with Gasteiger partial charge in [-0.05, 0) is 35.9 Å². The summed E-state index contributed by atoms with van der Waals surface area (Å²) in [5.74, 6) is -1.53. The van der Waals surface area contributed by atoms with E-state index in [0.29, 0.717) is 5.69 Å². The number of carboxylic acids is 1. The molecule has 3 rings (SSSR count). The fourth-order valence-electron chi connectivity index (χ4n) is 2.58. The SMILES string of the molecule is O=C(C=Cc1ccccc1)Nc1cccc(Nc2ccccc2)c1C(=O)O. The summed E-state index contributed by atoms with van der Waals surface area (Å²) in [5.41, 5.74) is 2.27. The number of carboxylic acid groups (broad SMARTS) is 1. The van der Waals surface area contributed by atoms with Crippen molar-refractivity contribution in [3.05, 3.63) is 96.1 Å². The van der Waals surface area contributed by atoms with E-state index in [1.807, 2.05) is 60.7 Å². The molecule has 0 aliphatic rings. The van der Waals surface area contributed by atoms with Crippen molar-refractivity contribution in [2.24, 2.45) is 0 Å². The van der Waals surface area contributed by atoms with Gasteiger partial charge in [-0.1, -0.05) is 54.6 Å². The maximum absolute atomic E-state index is 12.2. The van der Waals surface area contributed by atoms with Crippen molar-refractivity contribution in [2.75, 3.05) is 10.6 Å². The highest BCUT2D eigenvalue weighted by atomic mass is 16.4. The van der Waals surface area contributed by atoms with Crippen LogP contribution in [0, 0.1) is 0 Å². The van der Waals surface area contributed by atoms with Crippen LogP contribution >= 0.6 is 0 Å². The van der Waals surface area contributed by atoms with E-state index in [1.165, 1.54) is 6.08 Å².